The van der Waals surface area contributed by atoms with Crippen LogP contribution in [0, 0.1) is 12.8 Å². The molecule has 0 aliphatic carbocycles. The van der Waals surface area contributed by atoms with E-state index in [0.29, 0.717) is 0 Å². The number of amides is 2. The molecule has 2 N–H and O–H groups in total. The first-order valence-electron chi connectivity index (χ1n) is 7.77. The molecule has 0 radical (unpaired) electrons. The number of ether oxygens (including phenoxy) is 1. The van der Waals surface area contributed by atoms with Crippen molar-refractivity contribution in [1.82, 2.24) is 5.32 Å². The van der Waals surface area contributed by atoms with Crippen LogP contribution in [-0.4, -0.2) is 13.1 Å². The van der Waals surface area contributed by atoms with Gasteiger partial charge in [0.1, 0.15) is 5.75 Å². The Balaban J connectivity index is 2.06. The molecule has 4 heteroatoms. The highest BCUT2D eigenvalue weighted by molar-refractivity contribution is 5.89. The summed E-state index contributed by atoms with van der Waals surface area (Å²) in [5, 5.41) is 5.91. The second-order valence-corrected chi connectivity index (χ2v) is 5.96. The van der Waals surface area contributed by atoms with Gasteiger partial charge >= 0.3 is 6.03 Å². The van der Waals surface area contributed by atoms with Crippen LogP contribution in [-0.2, 0) is 0 Å². The van der Waals surface area contributed by atoms with E-state index in [4.69, 9.17) is 4.74 Å². The molecule has 0 unspecified atom stereocenters. The van der Waals surface area contributed by atoms with E-state index in [9.17, 15) is 4.79 Å². The topological polar surface area (TPSA) is 50.4 Å². The third-order valence-electron chi connectivity index (χ3n) is 3.74. The Hall–Kier alpha value is -2.49. The average molecular weight is 312 g/mol. The number of anilines is 1. The third-order valence-corrected chi connectivity index (χ3v) is 3.74. The molecule has 2 aromatic rings. The van der Waals surface area contributed by atoms with Gasteiger partial charge in [0.15, 0.2) is 0 Å². The SMILES string of the molecule is COc1ccc([C@H](NC(=O)Nc2ccc(C)cc2)C(C)C)cc1. The highest BCUT2D eigenvalue weighted by atomic mass is 16.5. The van der Waals surface area contributed by atoms with Crippen molar-refractivity contribution < 1.29 is 9.53 Å². The number of carbonyl (C=O) groups excluding carboxylic acids is 1. The van der Waals surface area contributed by atoms with E-state index < -0.39 is 0 Å². The molecule has 0 heterocycles. The lowest BCUT2D eigenvalue weighted by Crippen LogP contribution is -2.35. The van der Waals surface area contributed by atoms with Crippen LogP contribution in [0.3, 0.4) is 0 Å². The lowest BCUT2D eigenvalue weighted by Gasteiger charge is -2.23. The van der Waals surface area contributed by atoms with E-state index in [0.717, 1.165) is 22.6 Å². The van der Waals surface area contributed by atoms with E-state index >= 15 is 0 Å². The number of benzene rings is 2. The highest BCUT2D eigenvalue weighted by Gasteiger charge is 2.18. The smallest absolute Gasteiger partial charge is 0.319 e. The Kier molecular flexibility index (Phi) is 5.63. The first-order valence-corrected chi connectivity index (χ1v) is 7.77. The fourth-order valence-corrected chi connectivity index (χ4v) is 2.39. The van der Waals surface area contributed by atoms with Gasteiger partial charge in [-0.1, -0.05) is 43.7 Å². The molecule has 0 saturated carbocycles. The summed E-state index contributed by atoms with van der Waals surface area (Å²) >= 11 is 0. The predicted octanol–water partition coefficient (Wildman–Crippen LogP) is 4.52. The van der Waals surface area contributed by atoms with Gasteiger partial charge in [-0.15, -0.1) is 0 Å². The first kappa shape index (κ1) is 16.9. The zero-order valence-electron chi connectivity index (χ0n) is 14.1. The van der Waals surface area contributed by atoms with Crippen molar-refractivity contribution in [2.24, 2.45) is 5.92 Å². The molecule has 0 spiro atoms. The van der Waals surface area contributed by atoms with Crippen LogP contribution >= 0.6 is 0 Å². The molecular weight excluding hydrogens is 288 g/mol. The Labute approximate surface area is 137 Å². The largest absolute Gasteiger partial charge is 0.497 e. The standard InChI is InChI=1S/C19H24N2O2/c1-13(2)18(15-7-11-17(23-4)12-8-15)21-19(22)20-16-9-5-14(3)6-10-16/h5-13,18H,1-4H3,(H2,20,21,22)/t18-/m1/s1. The van der Waals surface area contributed by atoms with Crippen LogP contribution < -0.4 is 15.4 Å². The Morgan fingerprint density at radius 1 is 1.00 bits per heavy atom. The molecule has 0 aromatic heterocycles. The highest BCUT2D eigenvalue weighted by Crippen LogP contribution is 2.24. The lowest BCUT2D eigenvalue weighted by molar-refractivity contribution is 0.244. The second-order valence-electron chi connectivity index (χ2n) is 5.96. The minimum Gasteiger partial charge on any atom is -0.497 e. The van der Waals surface area contributed by atoms with Crippen LogP contribution in [0.4, 0.5) is 10.5 Å². The summed E-state index contributed by atoms with van der Waals surface area (Å²) in [6.45, 7) is 6.18. The summed E-state index contributed by atoms with van der Waals surface area (Å²) in [6, 6.07) is 15.2. The molecule has 23 heavy (non-hydrogen) atoms. The van der Waals surface area contributed by atoms with Gasteiger partial charge in [-0.25, -0.2) is 4.79 Å². The van der Waals surface area contributed by atoms with E-state index in [1.165, 1.54) is 0 Å². The van der Waals surface area contributed by atoms with Gasteiger partial charge < -0.3 is 15.4 Å². The summed E-state index contributed by atoms with van der Waals surface area (Å²) in [5.74, 6) is 1.08. The van der Waals surface area contributed by atoms with Crippen LogP contribution in [0.15, 0.2) is 48.5 Å². The molecule has 2 amide bonds. The molecule has 0 aliphatic heterocycles. The zero-order valence-corrected chi connectivity index (χ0v) is 14.1. The maximum absolute atomic E-state index is 12.3. The number of nitrogens with one attached hydrogen (secondary N) is 2. The first-order chi connectivity index (χ1) is 11.0. The molecular formula is C19H24N2O2. The van der Waals surface area contributed by atoms with E-state index in [1.54, 1.807) is 7.11 Å². The number of carbonyl (C=O) groups is 1. The molecule has 4 nitrogen and oxygen atoms in total. The van der Waals surface area contributed by atoms with E-state index in [1.807, 2.05) is 55.5 Å². The van der Waals surface area contributed by atoms with Gasteiger partial charge in [0.2, 0.25) is 0 Å². The number of urea groups is 1. The Bertz CT molecular complexity index is 633. The summed E-state index contributed by atoms with van der Waals surface area (Å²) in [5.41, 5.74) is 3.00. The van der Waals surface area contributed by atoms with Gasteiger partial charge in [-0.3, -0.25) is 0 Å². The quantitative estimate of drug-likeness (QED) is 0.852. The molecule has 0 fully saturated rings. The third kappa shape index (κ3) is 4.74. The Morgan fingerprint density at radius 2 is 1.61 bits per heavy atom. The number of rotatable bonds is 5. The van der Waals surface area contributed by atoms with E-state index in [2.05, 4.69) is 24.5 Å². The number of aryl methyl sites for hydroxylation is 1. The second kappa shape index (κ2) is 7.68. The summed E-state index contributed by atoms with van der Waals surface area (Å²) in [7, 11) is 1.64. The fourth-order valence-electron chi connectivity index (χ4n) is 2.39. The molecule has 0 aliphatic rings. The van der Waals surface area contributed by atoms with Crippen LogP contribution in [0.2, 0.25) is 0 Å². The van der Waals surface area contributed by atoms with Gasteiger partial charge in [0.05, 0.1) is 13.2 Å². The monoisotopic (exact) mass is 312 g/mol. The van der Waals surface area contributed by atoms with E-state index in [-0.39, 0.29) is 18.0 Å². The van der Waals surface area contributed by atoms with Crippen molar-refractivity contribution in [3.05, 3.63) is 59.7 Å². The maximum atomic E-state index is 12.3. The van der Waals surface area contributed by atoms with Crippen LogP contribution in [0.25, 0.3) is 0 Å². The van der Waals surface area contributed by atoms with Gasteiger partial charge in [-0.2, -0.15) is 0 Å². The van der Waals surface area contributed by atoms with Crippen molar-refractivity contribution in [2.75, 3.05) is 12.4 Å². The van der Waals surface area contributed by atoms with Crippen LogP contribution in [0.1, 0.15) is 31.0 Å². The number of methoxy groups -OCH3 is 1. The summed E-state index contributed by atoms with van der Waals surface area (Å²) in [4.78, 5) is 12.3. The van der Waals surface area contributed by atoms with Crippen molar-refractivity contribution in [3.8, 4) is 5.75 Å². The molecule has 2 rings (SSSR count). The predicted molar refractivity (Wildman–Crippen MR) is 93.9 cm³/mol. The normalized spacial score (nSPS) is 11.9. The van der Waals surface area contributed by atoms with Crippen molar-refractivity contribution in [1.29, 1.82) is 0 Å². The lowest BCUT2D eigenvalue weighted by atomic mass is 9.96. The molecule has 2 aromatic carbocycles. The van der Waals surface area contributed by atoms with Crippen molar-refractivity contribution >= 4 is 11.7 Å². The number of hydrogen-bond acceptors (Lipinski definition) is 2. The number of hydrogen-bond donors (Lipinski definition) is 2. The Morgan fingerprint density at radius 3 is 2.13 bits per heavy atom. The minimum absolute atomic E-state index is 0.0636. The maximum Gasteiger partial charge on any atom is 0.319 e. The van der Waals surface area contributed by atoms with Gasteiger partial charge in [-0.05, 0) is 42.7 Å². The zero-order chi connectivity index (χ0) is 16.8. The summed E-state index contributed by atoms with van der Waals surface area (Å²) in [6.07, 6.45) is 0. The molecule has 0 bridgehead atoms. The minimum atomic E-state index is -0.205. The molecule has 1 atom stereocenters. The molecule has 122 valence electrons. The van der Waals surface area contributed by atoms with Crippen molar-refractivity contribution in [3.63, 3.8) is 0 Å². The van der Waals surface area contributed by atoms with Crippen molar-refractivity contribution in [2.45, 2.75) is 26.8 Å². The van der Waals surface area contributed by atoms with Crippen LogP contribution in [0.5, 0.6) is 5.75 Å². The fraction of sp³-hybridized carbons (Fsp3) is 0.316. The average Bonchev–Trinajstić information content (AvgIpc) is 2.55. The van der Waals surface area contributed by atoms with Gasteiger partial charge in [0, 0.05) is 5.69 Å². The summed E-state index contributed by atoms with van der Waals surface area (Å²) < 4.78 is 5.18. The van der Waals surface area contributed by atoms with Gasteiger partial charge in [0.25, 0.3) is 0 Å². The molecule has 0 saturated heterocycles.